The van der Waals surface area contributed by atoms with E-state index < -0.39 is 11.8 Å². The predicted molar refractivity (Wildman–Crippen MR) is 95.2 cm³/mol. The summed E-state index contributed by atoms with van der Waals surface area (Å²) in [5, 5.41) is 2.68. The van der Waals surface area contributed by atoms with E-state index in [-0.39, 0.29) is 17.1 Å². The van der Waals surface area contributed by atoms with Crippen LogP contribution in [0.15, 0.2) is 29.3 Å². The summed E-state index contributed by atoms with van der Waals surface area (Å²) in [6.07, 6.45) is 3.47. The molecule has 2 amide bonds. The summed E-state index contributed by atoms with van der Waals surface area (Å²) in [7, 11) is 0. The van der Waals surface area contributed by atoms with Gasteiger partial charge in [0, 0.05) is 12.8 Å². The normalized spacial score (nSPS) is 24.7. The van der Waals surface area contributed by atoms with Crippen LogP contribution in [0.25, 0.3) is 0 Å². The molecule has 0 bridgehead atoms. The molecule has 6 nitrogen and oxygen atoms in total. The number of rotatable bonds is 4. The number of amides is 2. The molecule has 2 saturated heterocycles. The smallest absolute Gasteiger partial charge is 0.251 e. The summed E-state index contributed by atoms with van der Waals surface area (Å²) in [5.74, 6) is -1.80. The Morgan fingerprint density at radius 3 is 3.00 bits per heavy atom. The van der Waals surface area contributed by atoms with Crippen molar-refractivity contribution in [3.63, 3.8) is 0 Å². The lowest BCUT2D eigenvalue weighted by Crippen LogP contribution is -2.58. The third kappa shape index (κ3) is 3.52. The minimum atomic E-state index is -0.974. The second-order valence-electron chi connectivity index (χ2n) is 5.93. The molecule has 2 atom stereocenters. The summed E-state index contributed by atoms with van der Waals surface area (Å²) < 4.78 is 5.49. The minimum absolute atomic E-state index is 0.0805. The van der Waals surface area contributed by atoms with Crippen molar-refractivity contribution < 1.29 is 14.3 Å². The van der Waals surface area contributed by atoms with E-state index in [9.17, 15) is 9.59 Å². The average molecular weight is 345 g/mol. The number of hydrogen-bond donors (Lipinski definition) is 1. The molecule has 0 aliphatic carbocycles. The number of aliphatic imine (C=N–C) groups is 1. The third-order valence-corrected chi connectivity index (χ3v) is 4.33. The van der Waals surface area contributed by atoms with E-state index in [4.69, 9.17) is 17.0 Å². The van der Waals surface area contributed by atoms with Gasteiger partial charge in [0.25, 0.3) is 5.91 Å². The molecule has 2 aliphatic rings. The first-order valence-corrected chi connectivity index (χ1v) is 8.34. The molecule has 2 aliphatic heterocycles. The first-order chi connectivity index (χ1) is 11.6. The average Bonchev–Trinajstić information content (AvgIpc) is 3.03. The lowest BCUT2D eigenvalue weighted by Gasteiger charge is -2.31. The van der Waals surface area contributed by atoms with Crippen molar-refractivity contribution in [1.29, 1.82) is 0 Å². The van der Waals surface area contributed by atoms with Crippen molar-refractivity contribution in [3.05, 3.63) is 29.8 Å². The number of carbonyl (C=O) groups is 2. The number of benzene rings is 1. The number of nitrogens with one attached hydrogen (secondary N) is 1. The van der Waals surface area contributed by atoms with Gasteiger partial charge in [0.05, 0.1) is 18.3 Å². The summed E-state index contributed by atoms with van der Waals surface area (Å²) in [5.41, 5.74) is 1.64. The maximum absolute atomic E-state index is 12.7. The van der Waals surface area contributed by atoms with Gasteiger partial charge in [-0.15, -0.1) is 0 Å². The highest BCUT2D eigenvalue weighted by atomic mass is 32.1. The van der Waals surface area contributed by atoms with E-state index in [1.807, 2.05) is 25.1 Å². The molecule has 3 rings (SSSR count). The van der Waals surface area contributed by atoms with Gasteiger partial charge in [0.2, 0.25) is 5.91 Å². The molecule has 7 heteroatoms. The number of thiocarbonyl (C=S) groups is 1. The Kier molecular flexibility index (Phi) is 5.01. The van der Waals surface area contributed by atoms with Gasteiger partial charge < -0.3 is 10.1 Å². The predicted octanol–water partition coefficient (Wildman–Crippen LogP) is 1.61. The van der Waals surface area contributed by atoms with Crippen LogP contribution in [0.1, 0.15) is 18.4 Å². The number of carbonyl (C=O) groups excluding carboxylic acids is 2. The van der Waals surface area contributed by atoms with Crippen LogP contribution in [-0.2, 0) is 14.3 Å². The van der Waals surface area contributed by atoms with Crippen LogP contribution in [0.5, 0.6) is 0 Å². The Labute approximate surface area is 145 Å². The van der Waals surface area contributed by atoms with Crippen molar-refractivity contribution in [3.8, 4) is 0 Å². The Balaban J connectivity index is 1.76. The van der Waals surface area contributed by atoms with Crippen LogP contribution in [0, 0.1) is 12.8 Å². The van der Waals surface area contributed by atoms with E-state index >= 15 is 0 Å². The van der Waals surface area contributed by atoms with E-state index in [0.29, 0.717) is 12.2 Å². The van der Waals surface area contributed by atoms with Crippen LogP contribution >= 0.6 is 12.2 Å². The maximum Gasteiger partial charge on any atom is 0.251 e. The van der Waals surface area contributed by atoms with Gasteiger partial charge in [-0.05, 0) is 49.7 Å². The first kappa shape index (κ1) is 16.7. The highest BCUT2D eigenvalue weighted by Gasteiger charge is 2.38. The van der Waals surface area contributed by atoms with Gasteiger partial charge in [-0.25, -0.2) is 0 Å². The van der Waals surface area contributed by atoms with E-state index in [0.717, 1.165) is 25.0 Å². The van der Waals surface area contributed by atoms with Gasteiger partial charge in [-0.1, -0.05) is 12.1 Å². The van der Waals surface area contributed by atoms with E-state index in [2.05, 4.69) is 10.3 Å². The Bertz CT molecular complexity index is 698. The summed E-state index contributed by atoms with van der Waals surface area (Å²) in [4.78, 5) is 30.5. The molecule has 0 spiro atoms. The first-order valence-electron chi connectivity index (χ1n) is 7.93. The van der Waals surface area contributed by atoms with Crippen LogP contribution in [0.2, 0.25) is 0 Å². The van der Waals surface area contributed by atoms with Gasteiger partial charge in [0.1, 0.15) is 0 Å². The van der Waals surface area contributed by atoms with E-state index in [1.165, 1.54) is 11.1 Å². The quantitative estimate of drug-likeness (QED) is 0.511. The van der Waals surface area contributed by atoms with Crippen molar-refractivity contribution in [2.75, 3.05) is 18.1 Å². The Morgan fingerprint density at radius 1 is 1.46 bits per heavy atom. The van der Waals surface area contributed by atoms with Crippen LogP contribution < -0.4 is 10.2 Å². The fraction of sp³-hybridized carbons (Fsp3) is 0.412. The van der Waals surface area contributed by atoms with Gasteiger partial charge in [-0.2, -0.15) is 0 Å². The summed E-state index contributed by atoms with van der Waals surface area (Å²) in [6, 6.07) is 7.41. The second-order valence-corrected chi connectivity index (χ2v) is 6.32. The monoisotopic (exact) mass is 345 g/mol. The lowest BCUT2D eigenvalue weighted by molar-refractivity contribution is -0.130. The molecule has 1 aromatic rings. The molecule has 126 valence electrons. The number of anilines is 1. The summed E-state index contributed by atoms with van der Waals surface area (Å²) in [6.45, 7) is 3.14. The molecular weight excluding hydrogens is 326 g/mol. The van der Waals surface area contributed by atoms with Crippen LogP contribution in [0.3, 0.4) is 0 Å². The zero-order chi connectivity index (χ0) is 17.1. The summed E-state index contributed by atoms with van der Waals surface area (Å²) >= 11 is 5.17. The zero-order valence-corrected chi connectivity index (χ0v) is 14.2. The number of nitrogens with zero attached hydrogens (tertiary/aromatic N) is 2. The second kappa shape index (κ2) is 7.19. The Morgan fingerprint density at radius 2 is 2.29 bits per heavy atom. The highest BCUT2D eigenvalue weighted by Crippen LogP contribution is 2.21. The molecule has 0 unspecified atom stereocenters. The van der Waals surface area contributed by atoms with Gasteiger partial charge in [-0.3, -0.25) is 19.5 Å². The number of hydrogen-bond acceptors (Lipinski definition) is 5. The SMILES string of the molecule is Cc1cccc(N2C(=O)[C@@H](C=NC[C@H]3CCCO3)C(=O)NC2=S)c1. The molecule has 0 aromatic heterocycles. The topological polar surface area (TPSA) is 71.0 Å². The fourth-order valence-electron chi connectivity index (χ4n) is 2.81. The van der Waals surface area contributed by atoms with Crippen molar-refractivity contribution in [2.24, 2.45) is 10.9 Å². The molecule has 0 radical (unpaired) electrons. The van der Waals surface area contributed by atoms with Crippen LogP contribution in [0.4, 0.5) is 5.69 Å². The third-order valence-electron chi connectivity index (χ3n) is 4.05. The molecule has 24 heavy (non-hydrogen) atoms. The van der Waals surface area contributed by atoms with Gasteiger partial charge in [0.15, 0.2) is 11.0 Å². The van der Waals surface area contributed by atoms with Crippen molar-refractivity contribution in [1.82, 2.24) is 5.32 Å². The molecule has 0 saturated carbocycles. The van der Waals surface area contributed by atoms with Crippen LogP contribution in [-0.4, -0.2) is 42.4 Å². The number of aryl methyl sites for hydroxylation is 1. The zero-order valence-electron chi connectivity index (χ0n) is 13.4. The standard InChI is InChI=1S/C17H19N3O3S/c1-11-4-2-5-12(8-11)20-16(22)14(15(21)19-17(20)24)10-18-9-13-6-3-7-23-13/h2,4-5,8,10,13-14H,3,6-7,9H2,1H3,(H,19,21,24)/t13-,14+/m1/s1. The molecule has 1 N–H and O–H groups in total. The molecule has 1 aromatic carbocycles. The van der Waals surface area contributed by atoms with Crippen molar-refractivity contribution >= 4 is 41.0 Å². The largest absolute Gasteiger partial charge is 0.376 e. The molecular formula is C17H19N3O3S. The van der Waals surface area contributed by atoms with E-state index in [1.54, 1.807) is 6.07 Å². The maximum atomic E-state index is 12.7. The minimum Gasteiger partial charge on any atom is -0.376 e. The highest BCUT2D eigenvalue weighted by molar-refractivity contribution is 7.80. The van der Waals surface area contributed by atoms with Gasteiger partial charge >= 0.3 is 0 Å². The molecule has 2 heterocycles. The lowest BCUT2D eigenvalue weighted by atomic mass is 10.1. The Hall–Kier alpha value is -2.12. The fourth-order valence-corrected chi connectivity index (χ4v) is 3.10. The molecule has 2 fully saturated rings. The van der Waals surface area contributed by atoms with Crippen molar-refractivity contribution in [2.45, 2.75) is 25.9 Å². The number of ether oxygens (including phenoxy) is 1.